The van der Waals surface area contributed by atoms with Gasteiger partial charge >= 0.3 is 0 Å². The normalized spacial score (nSPS) is 10.4. The summed E-state index contributed by atoms with van der Waals surface area (Å²) in [7, 11) is 5.33. The van der Waals surface area contributed by atoms with Crippen molar-refractivity contribution < 1.29 is 4.74 Å². The Bertz CT molecular complexity index is 575. The minimum Gasteiger partial charge on any atom is -0.496 e. The fourth-order valence-electron chi connectivity index (χ4n) is 1.51. The molecule has 0 fully saturated rings. The first-order valence-corrected chi connectivity index (χ1v) is 4.87. The first kappa shape index (κ1) is 10.5. The van der Waals surface area contributed by atoms with E-state index >= 15 is 0 Å². The van der Waals surface area contributed by atoms with Crippen LogP contribution in [0.15, 0.2) is 23.0 Å². The molecule has 0 unspecified atom stereocenters. The molecule has 1 N–H and O–H groups in total. The molecule has 2 aromatic heterocycles. The van der Waals surface area contributed by atoms with Gasteiger partial charge in [0.05, 0.1) is 12.5 Å². The Balaban J connectivity index is 2.74. The van der Waals surface area contributed by atoms with Crippen LogP contribution in [-0.4, -0.2) is 31.2 Å². The maximum absolute atomic E-state index is 11.4. The zero-order chi connectivity index (χ0) is 11.7. The molecule has 0 aliphatic heterocycles. The molecule has 0 aromatic carbocycles. The molecule has 2 rings (SSSR count). The van der Waals surface area contributed by atoms with Gasteiger partial charge in [0.25, 0.3) is 5.56 Å². The number of fused-ring (bicyclic) bond motifs is 1. The van der Waals surface area contributed by atoms with E-state index in [1.807, 2.05) is 31.1 Å². The Hall–Kier alpha value is -2.04. The van der Waals surface area contributed by atoms with Crippen molar-refractivity contribution in [1.82, 2.24) is 9.97 Å². The number of aromatic amines is 1. The lowest BCUT2D eigenvalue weighted by molar-refractivity contribution is 0.419. The van der Waals surface area contributed by atoms with E-state index in [1.165, 1.54) is 13.2 Å². The smallest absolute Gasteiger partial charge is 0.253 e. The fourth-order valence-corrected chi connectivity index (χ4v) is 1.51. The molecule has 0 bridgehead atoms. The second kappa shape index (κ2) is 3.84. The molecule has 2 aromatic rings. The van der Waals surface area contributed by atoms with Gasteiger partial charge in [-0.2, -0.15) is 0 Å². The van der Waals surface area contributed by atoms with E-state index in [9.17, 15) is 4.79 Å². The van der Waals surface area contributed by atoms with Gasteiger partial charge in [-0.1, -0.05) is 0 Å². The molecule has 84 valence electrons. The Morgan fingerprint density at radius 3 is 2.75 bits per heavy atom. The Morgan fingerprint density at radius 1 is 1.38 bits per heavy atom. The third-order valence-corrected chi connectivity index (χ3v) is 2.33. The molecule has 0 aliphatic rings. The highest BCUT2D eigenvalue weighted by molar-refractivity contribution is 5.83. The number of nitrogens with one attached hydrogen (secondary N) is 1. The monoisotopic (exact) mass is 219 g/mol. The lowest BCUT2D eigenvalue weighted by Gasteiger charge is -2.12. The van der Waals surface area contributed by atoms with Crippen LogP contribution in [0, 0.1) is 0 Å². The molecule has 0 saturated heterocycles. The third-order valence-electron chi connectivity index (χ3n) is 2.33. The van der Waals surface area contributed by atoms with Gasteiger partial charge in [0, 0.05) is 20.2 Å². The Kier molecular flexibility index (Phi) is 2.52. The average Bonchev–Trinajstić information content (AvgIpc) is 2.26. The van der Waals surface area contributed by atoms with Gasteiger partial charge in [-0.15, -0.1) is 0 Å². The molecule has 0 radical (unpaired) electrons. The lowest BCUT2D eigenvalue weighted by Crippen LogP contribution is -2.12. The molecule has 0 aliphatic carbocycles. The quantitative estimate of drug-likeness (QED) is 0.818. The SMILES string of the molecule is COc1cc(=O)[nH]c2nc(N(C)C)ccc12. The Labute approximate surface area is 92.7 Å². The molecule has 0 spiro atoms. The number of nitrogens with zero attached hydrogens (tertiary/aromatic N) is 2. The molecule has 0 amide bonds. The van der Waals surface area contributed by atoms with Gasteiger partial charge in [0.15, 0.2) is 0 Å². The molecule has 5 heteroatoms. The highest BCUT2D eigenvalue weighted by Gasteiger charge is 2.06. The van der Waals surface area contributed by atoms with Crippen LogP contribution in [0.3, 0.4) is 0 Å². The van der Waals surface area contributed by atoms with Crippen LogP contribution in [0.5, 0.6) is 5.75 Å². The topological polar surface area (TPSA) is 58.2 Å². The summed E-state index contributed by atoms with van der Waals surface area (Å²) in [4.78, 5) is 20.2. The maximum atomic E-state index is 11.4. The van der Waals surface area contributed by atoms with Crippen molar-refractivity contribution >= 4 is 16.9 Å². The third kappa shape index (κ3) is 1.71. The summed E-state index contributed by atoms with van der Waals surface area (Å²) in [6.45, 7) is 0. The number of aromatic nitrogens is 2. The number of hydrogen-bond acceptors (Lipinski definition) is 4. The van der Waals surface area contributed by atoms with Crippen molar-refractivity contribution in [3.05, 3.63) is 28.6 Å². The summed E-state index contributed by atoms with van der Waals surface area (Å²) in [5, 5.41) is 0.799. The number of ether oxygens (including phenoxy) is 1. The first-order valence-electron chi connectivity index (χ1n) is 4.87. The lowest BCUT2D eigenvalue weighted by atomic mass is 10.2. The van der Waals surface area contributed by atoms with Gasteiger partial charge < -0.3 is 14.6 Å². The van der Waals surface area contributed by atoms with Crippen LogP contribution in [0.25, 0.3) is 11.0 Å². The summed E-state index contributed by atoms with van der Waals surface area (Å²) >= 11 is 0. The molecule has 5 nitrogen and oxygen atoms in total. The van der Waals surface area contributed by atoms with Crippen LogP contribution >= 0.6 is 0 Å². The zero-order valence-corrected chi connectivity index (χ0v) is 9.44. The standard InChI is InChI=1S/C11H13N3O2/c1-14(2)9-5-4-7-8(16-3)6-10(15)13-11(7)12-9/h4-6H,1-3H3,(H,12,13,15). The second-order valence-electron chi connectivity index (χ2n) is 3.66. The maximum Gasteiger partial charge on any atom is 0.253 e. The number of hydrogen-bond donors (Lipinski definition) is 1. The average molecular weight is 219 g/mol. The Morgan fingerprint density at radius 2 is 2.12 bits per heavy atom. The minimum absolute atomic E-state index is 0.215. The summed E-state index contributed by atoms with van der Waals surface area (Å²) in [6.07, 6.45) is 0. The number of rotatable bonds is 2. The molecule has 0 saturated carbocycles. The molecule has 2 heterocycles. The van der Waals surface area contributed by atoms with Gasteiger partial charge in [-0.25, -0.2) is 4.98 Å². The van der Waals surface area contributed by atoms with Crippen molar-refractivity contribution in [3.8, 4) is 5.75 Å². The van der Waals surface area contributed by atoms with E-state index in [-0.39, 0.29) is 5.56 Å². The number of pyridine rings is 2. The van der Waals surface area contributed by atoms with Crippen LogP contribution in [0.1, 0.15) is 0 Å². The van der Waals surface area contributed by atoms with Crippen LogP contribution in [0.4, 0.5) is 5.82 Å². The summed E-state index contributed by atoms with van der Waals surface area (Å²) in [5.74, 6) is 1.33. The van der Waals surface area contributed by atoms with Crippen molar-refractivity contribution in [2.45, 2.75) is 0 Å². The second-order valence-corrected chi connectivity index (χ2v) is 3.66. The van der Waals surface area contributed by atoms with Crippen molar-refractivity contribution in [1.29, 1.82) is 0 Å². The summed E-state index contributed by atoms with van der Waals surface area (Å²) < 4.78 is 5.14. The predicted octanol–water partition coefficient (Wildman–Crippen LogP) is 0.998. The largest absolute Gasteiger partial charge is 0.496 e. The highest BCUT2D eigenvalue weighted by atomic mass is 16.5. The van der Waals surface area contributed by atoms with Crippen LogP contribution in [-0.2, 0) is 0 Å². The van der Waals surface area contributed by atoms with Gasteiger partial charge in [0.1, 0.15) is 17.2 Å². The van der Waals surface area contributed by atoms with Crippen molar-refractivity contribution in [3.63, 3.8) is 0 Å². The molecular weight excluding hydrogens is 206 g/mol. The zero-order valence-electron chi connectivity index (χ0n) is 9.44. The fraction of sp³-hybridized carbons (Fsp3) is 0.273. The van der Waals surface area contributed by atoms with Crippen LogP contribution < -0.4 is 15.2 Å². The predicted molar refractivity (Wildman–Crippen MR) is 63.2 cm³/mol. The van der Waals surface area contributed by atoms with E-state index in [4.69, 9.17) is 4.74 Å². The van der Waals surface area contributed by atoms with E-state index in [0.29, 0.717) is 11.4 Å². The van der Waals surface area contributed by atoms with E-state index < -0.39 is 0 Å². The van der Waals surface area contributed by atoms with Gasteiger partial charge in [-0.3, -0.25) is 4.79 Å². The van der Waals surface area contributed by atoms with E-state index in [0.717, 1.165) is 11.2 Å². The first-order chi connectivity index (χ1) is 7.61. The molecule has 16 heavy (non-hydrogen) atoms. The van der Waals surface area contributed by atoms with Gasteiger partial charge in [0.2, 0.25) is 0 Å². The molecule has 0 atom stereocenters. The summed E-state index contributed by atoms with van der Waals surface area (Å²) in [6, 6.07) is 5.18. The van der Waals surface area contributed by atoms with Crippen LogP contribution in [0.2, 0.25) is 0 Å². The van der Waals surface area contributed by atoms with Crippen molar-refractivity contribution in [2.24, 2.45) is 0 Å². The highest BCUT2D eigenvalue weighted by Crippen LogP contribution is 2.22. The van der Waals surface area contributed by atoms with E-state index in [2.05, 4.69) is 9.97 Å². The minimum atomic E-state index is -0.215. The molecular formula is C11H13N3O2. The van der Waals surface area contributed by atoms with E-state index in [1.54, 1.807) is 0 Å². The summed E-state index contributed by atoms with van der Waals surface area (Å²) in [5.41, 5.74) is 0.323. The number of methoxy groups -OCH3 is 1. The van der Waals surface area contributed by atoms with Gasteiger partial charge in [-0.05, 0) is 12.1 Å². The van der Waals surface area contributed by atoms with Crippen molar-refractivity contribution in [2.75, 3.05) is 26.1 Å². The number of H-pyrrole nitrogens is 1. The number of anilines is 1.